The molecule has 18 heavy (non-hydrogen) atoms. The zero-order valence-electron chi connectivity index (χ0n) is 8.85. The number of aromatic nitrogens is 2. The maximum absolute atomic E-state index is 13.1. The molecule has 2 heterocycles. The monoisotopic (exact) mass is 298 g/mol. The van der Waals surface area contributed by atoms with Gasteiger partial charge in [-0.05, 0) is 0 Å². The van der Waals surface area contributed by atoms with Crippen LogP contribution >= 0.6 is 23.2 Å². The van der Waals surface area contributed by atoms with Crippen LogP contribution in [0.3, 0.4) is 0 Å². The van der Waals surface area contributed by atoms with Gasteiger partial charge in [-0.1, -0.05) is 0 Å². The van der Waals surface area contributed by atoms with Gasteiger partial charge in [0.05, 0.1) is 12.1 Å². The van der Waals surface area contributed by atoms with Gasteiger partial charge < -0.3 is 9.84 Å². The molecule has 2 rings (SSSR count). The molecule has 0 saturated carbocycles. The zero-order chi connectivity index (χ0) is 13.4. The molecular weight excluding hydrogens is 290 g/mol. The quantitative estimate of drug-likeness (QED) is 0.740. The number of nitrogens with one attached hydrogen (secondary N) is 1. The van der Waals surface area contributed by atoms with Crippen LogP contribution in [0.4, 0.5) is 4.39 Å². The number of H-pyrrole nitrogens is 1. The minimum atomic E-state index is -1.15. The lowest BCUT2D eigenvalue weighted by Crippen LogP contribution is -2.36. The highest BCUT2D eigenvalue weighted by molar-refractivity contribution is 6.22. The van der Waals surface area contributed by atoms with Gasteiger partial charge in [0.15, 0.2) is 6.23 Å². The number of hydrogen-bond acceptors (Lipinski definition) is 4. The number of aliphatic hydroxyl groups excluding tert-OH is 1. The van der Waals surface area contributed by atoms with Gasteiger partial charge in [0, 0.05) is 0 Å². The molecule has 1 aliphatic heterocycles. The molecular formula is C9H9Cl2FN2O4. The van der Waals surface area contributed by atoms with Crippen molar-refractivity contribution in [2.24, 2.45) is 0 Å². The van der Waals surface area contributed by atoms with E-state index in [1.165, 1.54) is 0 Å². The molecule has 2 N–H and O–H groups in total. The lowest BCUT2D eigenvalue weighted by molar-refractivity contribution is -0.00842. The summed E-state index contributed by atoms with van der Waals surface area (Å²) >= 11 is 11.4. The fourth-order valence-electron chi connectivity index (χ4n) is 1.70. The van der Waals surface area contributed by atoms with Crippen molar-refractivity contribution in [3.63, 3.8) is 0 Å². The van der Waals surface area contributed by atoms with E-state index in [9.17, 15) is 19.1 Å². The van der Waals surface area contributed by atoms with E-state index in [0.717, 1.165) is 4.57 Å². The van der Waals surface area contributed by atoms with E-state index < -0.39 is 40.9 Å². The number of hydrogen-bond donors (Lipinski definition) is 2. The van der Waals surface area contributed by atoms with Crippen molar-refractivity contribution < 1.29 is 14.2 Å². The number of nitrogens with zero attached hydrogens (tertiary/aromatic N) is 1. The first-order valence-electron chi connectivity index (χ1n) is 5.00. The molecule has 1 aromatic heterocycles. The highest BCUT2D eigenvalue weighted by Gasteiger charge is 2.43. The average Bonchev–Trinajstić information content (AvgIpc) is 2.61. The van der Waals surface area contributed by atoms with E-state index in [1.807, 2.05) is 0 Å². The summed E-state index contributed by atoms with van der Waals surface area (Å²) in [6, 6.07) is 0. The molecule has 6 nitrogen and oxygen atoms in total. The van der Waals surface area contributed by atoms with Gasteiger partial charge in [-0.2, -0.15) is 4.39 Å². The lowest BCUT2D eigenvalue weighted by atomic mass is 10.2. The van der Waals surface area contributed by atoms with Gasteiger partial charge >= 0.3 is 5.69 Å². The third kappa shape index (κ3) is 2.18. The number of ether oxygens (including phenoxy) is 1. The van der Waals surface area contributed by atoms with Crippen LogP contribution < -0.4 is 11.2 Å². The van der Waals surface area contributed by atoms with E-state index in [1.54, 1.807) is 4.98 Å². The predicted octanol–water partition coefficient (Wildman–Crippen LogP) is -0.220. The van der Waals surface area contributed by atoms with Crippen LogP contribution in [-0.2, 0) is 4.74 Å². The molecule has 0 bridgehead atoms. The second-order valence-corrected chi connectivity index (χ2v) is 4.61. The SMILES string of the molecule is O=c1[nH]c(=O)n([C@H]2O[C@@H](CCl)C(O)C2Cl)cc1F. The smallest absolute Gasteiger partial charge is 0.330 e. The Labute approximate surface area is 110 Å². The minimum Gasteiger partial charge on any atom is -0.389 e. The Hall–Kier alpha value is -0.890. The van der Waals surface area contributed by atoms with E-state index in [2.05, 4.69) is 0 Å². The number of aliphatic hydroxyl groups is 1. The van der Waals surface area contributed by atoms with Gasteiger partial charge in [0.25, 0.3) is 5.56 Å². The molecule has 1 saturated heterocycles. The van der Waals surface area contributed by atoms with Crippen LogP contribution in [0.25, 0.3) is 0 Å². The van der Waals surface area contributed by atoms with Crippen LogP contribution in [0.2, 0.25) is 0 Å². The Morgan fingerprint density at radius 1 is 1.56 bits per heavy atom. The van der Waals surface area contributed by atoms with Gasteiger partial charge in [-0.3, -0.25) is 14.3 Å². The molecule has 2 unspecified atom stereocenters. The summed E-state index contributed by atoms with van der Waals surface area (Å²) in [5.41, 5.74) is -2.01. The predicted molar refractivity (Wildman–Crippen MR) is 61.6 cm³/mol. The number of halogens is 3. The highest BCUT2D eigenvalue weighted by Crippen LogP contribution is 2.32. The van der Waals surface area contributed by atoms with Crippen molar-refractivity contribution in [1.29, 1.82) is 0 Å². The van der Waals surface area contributed by atoms with Crippen LogP contribution in [0.5, 0.6) is 0 Å². The zero-order valence-corrected chi connectivity index (χ0v) is 10.4. The topological polar surface area (TPSA) is 84.3 Å². The molecule has 1 aliphatic rings. The van der Waals surface area contributed by atoms with Crippen LogP contribution in [0.1, 0.15) is 6.23 Å². The molecule has 0 aromatic carbocycles. The molecule has 0 spiro atoms. The van der Waals surface area contributed by atoms with E-state index >= 15 is 0 Å². The summed E-state index contributed by atoms with van der Waals surface area (Å²) in [6.45, 7) is 0. The molecule has 4 atom stereocenters. The molecule has 0 radical (unpaired) electrons. The Kier molecular flexibility index (Phi) is 3.76. The Balaban J connectivity index is 2.42. The highest BCUT2D eigenvalue weighted by atomic mass is 35.5. The Morgan fingerprint density at radius 2 is 2.22 bits per heavy atom. The van der Waals surface area contributed by atoms with Crippen LogP contribution in [-0.4, -0.2) is 38.1 Å². The number of alkyl halides is 2. The van der Waals surface area contributed by atoms with Gasteiger partial charge in [-0.15, -0.1) is 23.2 Å². The van der Waals surface area contributed by atoms with Crippen molar-refractivity contribution in [2.75, 3.05) is 5.88 Å². The summed E-state index contributed by atoms with van der Waals surface area (Å²) in [5.74, 6) is -1.17. The van der Waals surface area contributed by atoms with Crippen LogP contribution in [0, 0.1) is 5.82 Å². The third-order valence-electron chi connectivity index (χ3n) is 2.64. The lowest BCUT2D eigenvalue weighted by Gasteiger charge is -2.16. The molecule has 100 valence electrons. The molecule has 1 aromatic rings. The van der Waals surface area contributed by atoms with Crippen molar-refractivity contribution in [1.82, 2.24) is 9.55 Å². The molecule has 0 aliphatic carbocycles. The van der Waals surface area contributed by atoms with Gasteiger partial charge in [0.2, 0.25) is 5.82 Å². The normalized spacial score (nSPS) is 31.8. The summed E-state index contributed by atoms with van der Waals surface area (Å²) < 4.78 is 19.2. The fraction of sp³-hybridized carbons (Fsp3) is 0.556. The average molecular weight is 299 g/mol. The first-order valence-corrected chi connectivity index (χ1v) is 5.97. The largest absolute Gasteiger partial charge is 0.389 e. The molecule has 0 amide bonds. The van der Waals surface area contributed by atoms with E-state index in [4.69, 9.17) is 27.9 Å². The Bertz CT molecular complexity index is 560. The standard InChI is InChI=1S/C9H9Cl2FN2O4/c10-1-4-6(15)5(11)8(18-4)14-2-3(12)7(16)13-9(14)17/h2,4-6,8,15H,1H2,(H,13,16,17)/t4-,5?,6?,8-/m0/s1. The van der Waals surface area contributed by atoms with Gasteiger partial charge in [0.1, 0.15) is 17.6 Å². The summed E-state index contributed by atoms with van der Waals surface area (Å²) in [4.78, 5) is 24.2. The minimum absolute atomic E-state index is 0.0263. The van der Waals surface area contributed by atoms with E-state index in [0.29, 0.717) is 6.20 Å². The first-order chi connectivity index (χ1) is 8.45. The van der Waals surface area contributed by atoms with Crippen molar-refractivity contribution in [3.8, 4) is 0 Å². The van der Waals surface area contributed by atoms with Crippen LogP contribution in [0.15, 0.2) is 15.8 Å². The third-order valence-corrected chi connectivity index (χ3v) is 3.42. The van der Waals surface area contributed by atoms with Crippen molar-refractivity contribution in [3.05, 3.63) is 32.9 Å². The fourth-order valence-corrected chi connectivity index (χ4v) is 2.30. The maximum Gasteiger partial charge on any atom is 0.330 e. The number of rotatable bonds is 2. The molecule has 1 fully saturated rings. The van der Waals surface area contributed by atoms with E-state index in [-0.39, 0.29) is 5.88 Å². The second kappa shape index (κ2) is 5.00. The van der Waals surface area contributed by atoms with Crippen molar-refractivity contribution >= 4 is 23.2 Å². The first kappa shape index (κ1) is 13.5. The van der Waals surface area contributed by atoms with Crippen molar-refractivity contribution in [2.45, 2.75) is 23.8 Å². The van der Waals surface area contributed by atoms with Gasteiger partial charge in [-0.25, -0.2) is 4.79 Å². The summed E-state index contributed by atoms with van der Waals surface area (Å²) in [6.07, 6.45) is -2.26. The molecule has 9 heteroatoms. The summed E-state index contributed by atoms with van der Waals surface area (Å²) in [7, 11) is 0. The maximum atomic E-state index is 13.1. The summed E-state index contributed by atoms with van der Waals surface area (Å²) in [5, 5.41) is 8.71. The Morgan fingerprint density at radius 3 is 2.78 bits per heavy atom. The second-order valence-electron chi connectivity index (χ2n) is 3.80. The number of aromatic amines is 1.